The molecule has 0 amide bonds. The maximum absolute atomic E-state index is 6.15. The number of nitrogens with two attached hydrogens (primary N) is 1. The Kier molecular flexibility index (Phi) is 3.41. The molecule has 2 N–H and O–H groups in total. The third-order valence-corrected chi connectivity index (χ3v) is 3.76. The van der Waals surface area contributed by atoms with Gasteiger partial charge in [-0.25, -0.2) is 0 Å². The topological polar surface area (TPSA) is 43.8 Å². The molecule has 4 heteroatoms. The summed E-state index contributed by atoms with van der Waals surface area (Å²) in [5.74, 6) is 0. The van der Waals surface area contributed by atoms with Gasteiger partial charge in [-0.2, -0.15) is 5.10 Å². The lowest BCUT2D eigenvalue weighted by atomic mass is 10.1. The fourth-order valence-corrected chi connectivity index (χ4v) is 2.63. The molecule has 0 saturated carbocycles. The van der Waals surface area contributed by atoms with E-state index in [9.17, 15) is 0 Å². The maximum Gasteiger partial charge on any atom is 0.0521 e. The molecule has 86 valence electrons. The summed E-state index contributed by atoms with van der Waals surface area (Å²) < 4.78 is 1.83. The van der Waals surface area contributed by atoms with Crippen LogP contribution in [0.15, 0.2) is 24.5 Å². The van der Waals surface area contributed by atoms with Crippen LogP contribution in [0.1, 0.15) is 27.8 Å². The van der Waals surface area contributed by atoms with Crippen molar-refractivity contribution < 1.29 is 0 Å². The van der Waals surface area contributed by atoms with Gasteiger partial charge in [-0.05, 0) is 37.5 Å². The van der Waals surface area contributed by atoms with Crippen molar-refractivity contribution in [1.82, 2.24) is 9.78 Å². The van der Waals surface area contributed by atoms with Crippen molar-refractivity contribution in [3.8, 4) is 0 Å². The zero-order valence-corrected chi connectivity index (χ0v) is 10.5. The van der Waals surface area contributed by atoms with Gasteiger partial charge in [0.05, 0.1) is 6.20 Å². The molecular formula is C12H17N3S. The van der Waals surface area contributed by atoms with Crippen molar-refractivity contribution in [3.05, 3.63) is 39.8 Å². The van der Waals surface area contributed by atoms with E-state index in [1.165, 1.54) is 15.3 Å². The van der Waals surface area contributed by atoms with Crippen molar-refractivity contribution in [1.29, 1.82) is 0 Å². The highest BCUT2D eigenvalue weighted by atomic mass is 32.1. The van der Waals surface area contributed by atoms with E-state index in [1.807, 2.05) is 24.1 Å². The Labute approximate surface area is 99.9 Å². The van der Waals surface area contributed by atoms with E-state index in [1.54, 1.807) is 11.3 Å². The van der Waals surface area contributed by atoms with Gasteiger partial charge < -0.3 is 5.73 Å². The molecule has 0 radical (unpaired) electrons. The number of hydrogen-bond acceptors (Lipinski definition) is 3. The van der Waals surface area contributed by atoms with E-state index in [-0.39, 0.29) is 6.04 Å². The Morgan fingerprint density at radius 3 is 2.88 bits per heavy atom. The molecule has 3 nitrogen and oxygen atoms in total. The van der Waals surface area contributed by atoms with Gasteiger partial charge in [-0.1, -0.05) is 0 Å². The van der Waals surface area contributed by atoms with Gasteiger partial charge in [0.15, 0.2) is 0 Å². The van der Waals surface area contributed by atoms with Crippen LogP contribution in [0.25, 0.3) is 0 Å². The van der Waals surface area contributed by atoms with Crippen molar-refractivity contribution >= 4 is 11.3 Å². The van der Waals surface area contributed by atoms with E-state index in [0.29, 0.717) is 0 Å². The fraction of sp³-hybridized carbons (Fsp3) is 0.417. The average molecular weight is 235 g/mol. The van der Waals surface area contributed by atoms with Crippen molar-refractivity contribution in [2.45, 2.75) is 25.8 Å². The van der Waals surface area contributed by atoms with E-state index >= 15 is 0 Å². The monoisotopic (exact) mass is 235 g/mol. The number of hydrogen-bond donors (Lipinski definition) is 1. The van der Waals surface area contributed by atoms with Gasteiger partial charge >= 0.3 is 0 Å². The fourth-order valence-electron chi connectivity index (χ4n) is 1.72. The maximum atomic E-state index is 6.15. The Morgan fingerprint density at radius 1 is 1.50 bits per heavy atom. The molecule has 0 bridgehead atoms. The van der Waals surface area contributed by atoms with Crippen LogP contribution in [0.5, 0.6) is 0 Å². The highest BCUT2D eigenvalue weighted by Gasteiger charge is 2.08. The molecule has 2 heterocycles. The lowest BCUT2D eigenvalue weighted by Gasteiger charge is -2.07. The minimum Gasteiger partial charge on any atom is -0.323 e. The third-order valence-electron chi connectivity index (χ3n) is 2.63. The minimum absolute atomic E-state index is 0.152. The summed E-state index contributed by atoms with van der Waals surface area (Å²) in [6, 6.07) is 4.41. The Morgan fingerprint density at radius 2 is 2.31 bits per heavy atom. The molecular weight excluding hydrogens is 218 g/mol. The molecule has 2 rings (SSSR count). The Balaban J connectivity index is 1.91. The van der Waals surface area contributed by atoms with Crippen molar-refractivity contribution in [3.63, 3.8) is 0 Å². The summed E-state index contributed by atoms with van der Waals surface area (Å²) in [7, 11) is 1.94. The molecule has 0 aliphatic rings. The van der Waals surface area contributed by atoms with Gasteiger partial charge in [0.1, 0.15) is 0 Å². The normalized spacial score (nSPS) is 12.9. The zero-order chi connectivity index (χ0) is 11.5. The molecule has 0 fully saturated rings. The lowest BCUT2D eigenvalue weighted by Crippen LogP contribution is -2.09. The standard InChI is InChI=1S/C12H17N3S/c1-9-3-6-12(16-9)11(13)5-4-10-7-14-15(2)8-10/h3,6-8,11H,4-5,13H2,1-2H3. The number of rotatable bonds is 4. The molecule has 0 aromatic carbocycles. The summed E-state index contributed by atoms with van der Waals surface area (Å²) >= 11 is 1.79. The molecule has 2 aromatic rings. The van der Waals surface area contributed by atoms with Crippen LogP contribution >= 0.6 is 11.3 Å². The summed E-state index contributed by atoms with van der Waals surface area (Å²) in [6.45, 7) is 2.11. The van der Waals surface area contributed by atoms with Gasteiger partial charge in [0.25, 0.3) is 0 Å². The quantitative estimate of drug-likeness (QED) is 0.884. The highest BCUT2D eigenvalue weighted by molar-refractivity contribution is 7.12. The van der Waals surface area contributed by atoms with Gasteiger partial charge in [-0.3, -0.25) is 4.68 Å². The minimum atomic E-state index is 0.152. The second-order valence-corrected chi connectivity index (χ2v) is 5.44. The summed E-state index contributed by atoms with van der Waals surface area (Å²) in [6.07, 6.45) is 5.93. The Hall–Kier alpha value is -1.13. The number of aromatic nitrogens is 2. The predicted octanol–water partition coefficient (Wildman–Crippen LogP) is 2.42. The van der Waals surface area contributed by atoms with E-state index < -0.39 is 0 Å². The van der Waals surface area contributed by atoms with Crippen LogP contribution in [0.2, 0.25) is 0 Å². The van der Waals surface area contributed by atoms with Crippen LogP contribution in [0.3, 0.4) is 0 Å². The first kappa shape index (κ1) is 11.4. The summed E-state index contributed by atoms with van der Waals surface area (Å²) in [4.78, 5) is 2.60. The summed E-state index contributed by atoms with van der Waals surface area (Å²) in [5, 5.41) is 4.15. The summed E-state index contributed by atoms with van der Waals surface area (Å²) in [5.41, 5.74) is 7.40. The number of aryl methyl sites for hydroxylation is 3. The molecule has 0 aliphatic heterocycles. The first-order valence-corrected chi connectivity index (χ1v) is 6.26. The van der Waals surface area contributed by atoms with Crippen LogP contribution in [-0.2, 0) is 13.5 Å². The molecule has 16 heavy (non-hydrogen) atoms. The molecule has 1 unspecified atom stereocenters. The zero-order valence-electron chi connectivity index (χ0n) is 9.68. The predicted molar refractivity (Wildman–Crippen MR) is 67.5 cm³/mol. The first-order chi connectivity index (χ1) is 7.65. The Bertz CT molecular complexity index is 458. The van der Waals surface area contributed by atoms with Gasteiger partial charge in [0.2, 0.25) is 0 Å². The van der Waals surface area contributed by atoms with Gasteiger partial charge in [-0.15, -0.1) is 11.3 Å². The average Bonchev–Trinajstić information content (AvgIpc) is 2.84. The second kappa shape index (κ2) is 4.80. The molecule has 2 aromatic heterocycles. The van der Waals surface area contributed by atoms with E-state index in [2.05, 4.69) is 24.2 Å². The highest BCUT2D eigenvalue weighted by Crippen LogP contribution is 2.24. The van der Waals surface area contributed by atoms with Crippen molar-refractivity contribution in [2.24, 2.45) is 12.8 Å². The van der Waals surface area contributed by atoms with E-state index in [4.69, 9.17) is 5.73 Å². The molecule has 0 saturated heterocycles. The third kappa shape index (κ3) is 2.71. The van der Waals surface area contributed by atoms with Crippen molar-refractivity contribution in [2.75, 3.05) is 0 Å². The number of thiophene rings is 1. The second-order valence-electron chi connectivity index (χ2n) is 4.12. The molecule has 0 aliphatic carbocycles. The van der Waals surface area contributed by atoms with E-state index in [0.717, 1.165) is 12.8 Å². The first-order valence-electron chi connectivity index (χ1n) is 5.44. The lowest BCUT2D eigenvalue weighted by molar-refractivity contribution is 0.661. The molecule has 1 atom stereocenters. The molecule has 0 spiro atoms. The smallest absolute Gasteiger partial charge is 0.0521 e. The number of nitrogens with zero attached hydrogens (tertiary/aromatic N) is 2. The van der Waals surface area contributed by atoms with Crippen LogP contribution in [0, 0.1) is 6.92 Å². The van der Waals surface area contributed by atoms with Crippen LogP contribution in [-0.4, -0.2) is 9.78 Å². The SMILES string of the molecule is Cc1ccc(C(N)CCc2cnn(C)c2)s1. The largest absolute Gasteiger partial charge is 0.323 e. The van der Waals surface area contributed by atoms with Crippen LogP contribution < -0.4 is 5.73 Å². The van der Waals surface area contributed by atoms with Gasteiger partial charge in [0, 0.05) is 29.0 Å². The van der Waals surface area contributed by atoms with Crippen LogP contribution in [0.4, 0.5) is 0 Å².